The molecule has 2 heteroatoms. The third-order valence-electron chi connectivity index (χ3n) is 3.07. The third kappa shape index (κ3) is 16.3. The highest BCUT2D eigenvalue weighted by molar-refractivity contribution is 7.80. The highest BCUT2D eigenvalue weighted by Crippen LogP contribution is 2.11. The van der Waals surface area contributed by atoms with Crippen molar-refractivity contribution < 1.29 is 0 Å². The predicted molar refractivity (Wildman–Crippen MR) is 83.1 cm³/mol. The van der Waals surface area contributed by atoms with Crippen molar-refractivity contribution in [1.82, 2.24) is 5.32 Å². The molecule has 0 fully saturated rings. The van der Waals surface area contributed by atoms with Crippen LogP contribution in [0.3, 0.4) is 0 Å². The summed E-state index contributed by atoms with van der Waals surface area (Å²) in [6.45, 7) is 8.97. The van der Waals surface area contributed by atoms with Gasteiger partial charge in [-0.2, -0.15) is 12.6 Å². The van der Waals surface area contributed by atoms with Gasteiger partial charge in [0.25, 0.3) is 0 Å². The molecule has 0 saturated heterocycles. The van der Waals surface area contributed by atoms with Crippen molar-refractivity contribution in [1.29, 1.82) is 0 Å². The van der Waals surface area contributed by atoms with Crippen LogP contribution in [0.2, 0.25) is 0 Å². The largest absolute Gasteiger partial charge is 0.316 e. The van der Waals surface area contributed by atoms with Gasteiger partial charge in [-0.3, -0.25) is 0 Å². The third-order valence-corrected chi connectivity index (χ3v) is 3.26. The van der Waals surface area contributed by atoms with E-state index in [1.165, 1.54) is 51.4 Å². The quantitative estimate of drug-likeness (QED) is 0.383. The van der Waals surface area contributed by atoms with Crippen LogP contribution in [0.4, 0.5) is 0 Å². The predicted octanol–water partition coefficient (Wildman–Crippen LogP) is 4.67. The van der Waals surface area contributed by atoms with Crippen LogP contribution in [0.1, 0.15) is 72.1 Å². The lowest BCUT2D eigenvalue weighted by Crippen LogP contribution is -2.22. The second kappa shape index (κ2) is 12.8. The van der Waals surface area contributed by atoms with Crippen molar-refractivity contribution in [2.75, 3.05) is 13.1 Å². The molecule has 1 N–H and O–H groups in total. The molecule has 0 bridgehead atoms. The number of nitrogens with one attached hydrogen (secondary N) is 1. The molecule has 1 nitrogen and oxygen atoms in total. The molecule has 0 rings (SSSR count). The number of rotatable bonds is 12. The SMILES string of the molecule is CC(C)CCCCCCCCCNCC(C)S. The van der Waals surface area contributed by atoms with E-state index in [1.54, 1.807) is 0 Å². The summed E-state index contributed by atoms with van der Waals surface area (Å²) in [4.78, 5) is 0. The maximum absolute atomic E-state index is 4.34. The maximum atomic E-state index is 4.34. The average molecular weight is 260 g/mol. The summed E-state index contributed by atoms with van der Waals surface area (Å²) in [6.07, 6.45) is 11.3. The molecule has 0 aromatic rings. The van der Waals surface area contributed by atoms with Gasteiger partial charge in [-0.1, -0.05) is 65.7 Å². The van der Waals surface area contributed by atoms with Gasteiger partial charge in [0.15, 0.2) is 0 Å². The topological polar surface area (TPSA) is 12.0 Å². The van der Waals surface area contributed by atoms with Crippen LogP contribution in [0.5, 0.6) is 0 Å². The monoisotopic (exact) mass is 259 g/mol. The molecule has 0 aromatic carbocycles. The van der Waals surface area contributed by atoms with E-state index in [0.29, 0.717) is 5.25 Å². The Morgan fingerprint density at radius 2 is 1.35 bits per heavy atom. The highest BCUT2D eigenvalue weighted by Gasteiger charge is 1.96. The van der Waals surface area contributed by atoms with Gasteiger partial charge in [-0.15, -0.1) is 0 Å². The van der Waals surface area contributed by atoms with Gasteiger partial charge in [-0.25, -0.2) is 0 Å². The second-order valence-corrected chi connectivity index (χ2v) is 6.59. The number of hydrogen-bond acceptors (Lipinski definition) is 2. The van der Waals surface area contributed by atoms with E-state index in [2.05, 4.69) is 38.7 Å². The molecule has 0 aromatic heterocycles. The van der Waals surface area contributed by atoms with Crippen LogP contribution < -0.4 is 5.32 Å². The van der Waals surface area contributed by atoms with Gasteiger partial charge in [0.05, 0.1) is 0 Å². The molecule has 0 aliphatic rings. The zero-order valence-corrected chi connectivity index (χ0v) is 13.1. The van der Waals surface area contributed by atoms with E-state index in [-0.39, 0.29) is 0 Å². The Morgan fingerprint density at radius 3 is 1.88 bits per heavy atom. The Bertz CT molecular complexity index is 130. The standard InChI is InChI=1S/C15H33NS/c1-14(2)11-9-7-5-4-6-8-10-12-16-13-15(3)17/h14-17H,4-13H2,1-3H3. The zero-order valence-electron chi connectivity index (χ0n) is 12.2. The Morgan fingerprint density at radius 1 is 0.824 bits per heavy atom. The van der Waals surface area contributed by atoms with Gasteiger partial charge >= 0.3 is 0 Å². The van der Waals surface area contributed by atoms with Crippen molar-refractivity contribution >= 4 is 12.6 Å². The second-order valence-electron chi connectivity index (χ2n) is 5.71. The Kier molecular flexibility index (Phi) is 13.0. The van der Waals surface area contributed by atoms with E-state index >= 15 is 0 Å². The van der Waals surface area contributed by atoms with Gasteiger partial charge in [0.2, 0.25) is 0 Å². The van der Waals surface area contributed by atoms with Crippen LogP contribution in [-0.2, 0) is 0 Å². The summed E-state index contributed by atoms with van der Waals surface area (Å²) in [7, 11) is 0. The van der Waals surface area contributed by atoms with E-state index in [9.17, 15) is 0 Å². The smallest absolute Gasteiger partial charge is 0.0113 e. The molecule has 0 spiro atoms. The summed E-state index contributed by atoms with van der Waals surface area (Å²) in [6, 6.07) is 0. The van der Waals surface area contributed by atoms with E-state index in [1.807, 2.05) is 0 Å². The van der Waals surface area contributed by atoms with Crippen molar-refractivity contribution in [2.45, 2.75) is 77.4 Å². The van der Waals surface area contributed by atoms with Crippen LogP contribution in [0.15, 0.2) is 0 Å². The van der Waals surface area contributed by atoms with Crippen LogP contribution >= 0.6 is 12.6 Å². The minimum Gasteiger partial charge on any atom is -0.316 e. The molecule has 0 aliphatic carbocycles. The fourth-order valence-corrected chi connectivity index (χ4v) is 2.13. The fraction of sp³-hybridized carbons (Fsp3) is 1.00. The molecular weight excluding hydrogens is 226 g/mol. The van der Waals surface area contributed by atoms with Crippen molar-refractivity contribution in [3.05, 3.63) is 0 Å². The van der Waals surface area contributed by atoms with E-state index < -0.39 is 0 Å². The van der Waals surface area contributed by atoms with Crippen molar-refractivity contribution in [3.63, 3.8) is 0 Å². The van der Waals surface area contributed by atoms with Crippen LogP contribution in [-0.4, -0.2) is 18.3 Å². The van der Waals surface area contributed by atoms with E-state index in [0.717, 1.165) is 19.0 Å². The molecule has 1 atom stereocenters. The van der Waals surface area contributed by atoms with Crippen molar-refractivity contribution in [2.24, 2.45) is 5.92 Å². The minimum absolute atomic E-state index is 0.482. The lowest BCUT2D eigenvalue weighted by atomic mass is 10.0. The first-order valence-corrected chi connectivity index (χ1v) is 8.03. The highest BCUT2D eigenvalue weighted by atomic mass is 32.1. The first-order chi connectivity index (χ1) is 8.13. The van der Waals surface area contributed by atoms with Crippen LogP contribution in [0, 0.1) is 5.92 Å². The van der Waals surface area contributed by atoms with Gasteiger partial charge < -0.3 is 5.32 Å². The number of thiol groups is 1. The summed E-state index contributed by atoms with van der Waals surface area (Å²) >= 11 is 4.34. The number of unbranched alkanes of at least 4 members (excludes halogenated alkanes) is 6. The lowest BCUT2D eigenvalue weighted by Gasteiger charge is -2.07. The minimum atomic E-state index is 0.482. The molecule has 0 amide bonds. The molecule has 0 radical (unpaired) electrons. The average Bonchev–Trinajstić information content (AvgIpc) is 2.25. The Hall–Kier alpha value is 0.310. The summed E-state index contributed by atoms with van der Waals surface area (Å²) in [5.74, 6) is 0.885. The zero-order chi connectivity index (χ0) is 12.9. The summed E-state index contributed by atoms with van der Waals surface area (Å²) in [5.41, 5.74) is 0. The summed E-state index contributed by atoms with van der Waals surface area (Å²) in [5, 5.41) is 3.91. The van der Waals surface area contributed by atoms with Gasteiger partial charge in [0, 0.05) is 11.8 Å². The molecular formula is C15H33NS. The normalized spacial score (nSPS) is 13.2. The van der Waals surface area contributed by atoms with Gasteiger partial charge in [0.1, 0.15) is 0 Å². The maximum Gasteiger partial charge on any atom is 0.0113 e. The summed E-state index contributed by atoms with van der Waals surface area (Å²) < 4.78 is 0. The van der Waals surface area contributed by atoms with E-state index in [4.69, 9.17) is 0 Å². The molecule has 0 aliphatic heterocycles. The van der Waals surface area contributed by atoms with Gasteiger partial charge in [-0.05, 0) is 18.9 Å². The molecule has 17 heavy (non-hydrogen) atoms. The molecule has 0 saturated carbocycles. The first-order valence-electron chi connectivity index (χ1n) is 7.51. The Labute approximate surface area is 115 Å². The molecule has 0 heterocycles. The number of hydrogen-bond donors (Lipinski definition) is 2. The Balaban J connectivity index is 2.94. The van der Waals surface area contributed by atoms with Crippen molar-refractivity contribution in [3.8, 4) is 0 Å². The molecule has 1 unspecified atom stereocenters. The molecule has 104 valence electrons. The lowest BCUT2D eigenvalue weighted by molar-refractivity contribution is 0.506. The van der Waals surface area contributed by atoms with Crippen LogP contribution in [0.25, 0.3) is 0 Å². The first kappa shape index (κ1) is 17.3. The fourth-order valence-electron chi connectivity index (χ4n) is 2.00.